The van der Waals surface area contributed by atoms with Gasteiger partial charge in [-0.2, -0.15) is 4.31 Å². The van der Waals surface area contributed by atoms with Gasteiger partial charge in [-0.25, -0.2) is 8.42 Å². The number of nitrogens with two attached hydrogens (primary N) is 1. The smallest absolute Gasteiger partial charge is 0.256 e. The second kappa shape index (κ2) is 9.50. The monoisotopic (exact) mass is 463 g/mol. The number of anilines is 1. The topological polar surface area (TPSA) is 110 Å². The largest absolute Gasteiger partial charge is 0.365 e. The number of fused-ring (bicyclic) bond motifs is 1. The molecule has 0 spiro atoms. The maximum Gasteiger partial charge on any atom is 0.256 e. The van der Waals surface area contributed by atoms with Crippen LogP contribution in [-0.4, -0.2) is 37.6 Å². The first kappa shape index (κ1) is 23.4. The van der Waals surface area contributed by atoms with Gasteiger partial charge in [0.15, 0.2) is 0 Å². The molecule has 9 heteroatoms. The molecule has 168 valence electrons. The highest BCUT2D eigenvalue weighted by atomic mass is 32.2. The lowest BCUT2D eigenvalue weighted by atomic mass is 10.1. The second-order valence-electron chi connectivity index (χ2n) is 7.66. The molecule has 0 saturated carbocycles. The third-order valence-electron chi connectivity index (χ3n) is 5.67. The van der Waals surface area contributed by atoms with Gasteiger partial charge < -0.3 is 11.1 Å². The molecular weight excluding hydrogens is 434 g/mol. The number of nitrogens with zero attached hydrogens (tertiary/aromatic N) is 1. The average molecular weight is 464 g/mol. The molecule has 0 aliphatic heterocycles. The van der Waals surface area contributed by atoms with E-state index in [1.165, 1.54) is 21.7 Å². The quantitative estimate of drug-likeness (QED) is 0.610. The second-order valence-corrected chi connectivity index (χ2v) is 10.7. The molecule has 31 heavy (non-hydrogen) atoms. The Kier molecular flexibility index (Phi) is 7.18. The maximum atomic E-state index is 13.0. The van der Waals surface area contributed by atoms with E-state index in [-0.39, 0.29) is 10.5 Å². The summed E-state index contributed by atoms with van der Waals surface area (Å²) in [7, 11) is -3.71. The van der Waals surface area contributed by atoms with E-state index in [1.807, 2.05) is 0 Å². The van der Waals surface area contributed by atoms with Crippen molar-refractivity contribution in [1.82, 2.24) is 4.31 Å². The molecule has 2 aromatic rings. The lowest BCUT2D eigenvalue weighted by molar-refractivity contribution is 0.100. The number of primary amides is 1. The van der Waals surface area contributed by atoms with Crippen molar-refractivity contribution >= 4 is 38.2 Å². The van der Waals surface area contributed by atoms with E-state index in [1.54, 1.807) is 32.9 Å². The van der Waals surface area contributed by atoms with Gasteiger partial charge in [-0.3, -0.25) is 9.59 Å². The van der Waals surface area contributed by atoms with Crippen LogP contribution in [0.3, 0.4) is 0 Å². The van der Waals surface area contributed by atoms with Crippen LogP contribution in [0.1, 0.15) is 69.8 Å². The number of nitrogens with one attached hydrogen (secondary N) is 1. The van der Waals surface area contributed by atoms with E-state index >= 15 is 0 Å². The molecule has 3 N–H and O–H groups in total. The van der Waals surface area contributed by atoms with Gasteiger partial charge in [0, 0.05) is 23.5 Å². The number of sulfonamides is 1. The van der Waals surface area contributed by atoms with Gasteiger partial charge in [0.05, 0.1) is 10.5 Å². The Morgan fingerprint density at radius 1 is 1.13 bits per heavy atom. The summed E-state index contributed by atoms with van der Waals surface area (Å²) in [5.41, 5.74) is 7.77. The molecule has 0 saturated heterocycles. The van der Waals surface area contributed by atoms with Gasteiger partial charge in [0.2, 0.25) is 10.0 Å². The molecule has 1 aliphatic rings. The van der Waals surface area contributed by atoms with Crippen LogP contribution in [0.15, 0.2) is 23.1 Å². The Bertz CT molecular complexity index is 1100. The Labute approximate surface area is 187 Å². The van der Waals surface area contributed by atoms with Crippen molar-refractivity contribution in [3.8, 4) is 0 Å². The number of carbonyl (C=O) groups excluding carboxylic acids is 2. The molecule has 0 atom stereocenters. The standard InChI is InChI=1S/C22H29N3O4S2/c1-4-25(5-2)31(28,29)18-13-15(12-11-14(18)3)21(27)24-22-19(20(23)26)16-9-7-6-8-10-17(16)30-22/h11-13H,4-10H2,1-3H3,(H2,23,26)(H,24,27). The SMILES string of the molecule is CCN(CC)S(=O)(=O)c1cc(C(=O)Nc2sc3c(c2C(N)=O)CCCCC3)ccc1C. The van der Waals surface area contributed by atoms with E-state index in [4.69, 9.17) is 5.73 Å². The molecule has 1 aliphatic carbocycles. The summed E-state index contributed by atoms with van der Waals surface area (Å²) < 4.78 is 27.3. The summed E-state index contributed by atoms with van der Waals surface area (Å²) >= 11 is 1.39. The first-order valence-electron chi connectivity index (χ1n) is 10.6. The van der Waals surface area contributed by atoms with Crippen LogP contribution in [-0.2, 0) is 22.9 Å². The number of hydrogen-bond acceptors (Lipinski definition) is 5. The fourth-order valence-electron chi connectivity index (χ4n) is 3.99. The average Bonchev–Trinajstić information content (AvgIpc) is 2.89. The molecule has 0 fully saturated rings. The third kappa shape index (κ3) is 4.68. The molecule has 0 bridgehead atoms. The summed E-state index contributed by atoms with van der Waals surface area (Å²) in [5.74, 6) is -1.02. The molecule has 1 aromatic heterocycles. The Morgan fingerprint density at radius 2 is 1.81 bits per heavy atom. The summed E-state index contributed by atoms with van der Waals surface area (Å²) in [6, 6.07) is 4.62. The van der Waals surface area contributed by atoms with Crippen molar-refractivity contribution in [2.24, 2.45) is 5.73 Å². The highest BCUT2D eigenvalue weighted by Crippen LogP contribution is 2.37. The van der Waals surface area contributed by atoms with Crippen LogP contribution < -0.4 is 11.1 Å². The van der Waals surface area contributed by atoms with Crippen LogP contribution in [0.2, 0.25) is 0 Å². The van der Waals surface area contributed by atoms with Crippen molar-refractivity contribution in [3.05, 3.63) is 45.3 Å². The van der Waals surface area contributed by atoms with E-state index in [2.05, 4.69) is 5.32 Å². The van der Waals surface area contributed by atoms with Crippen molar-refractivity contribution in [2.75, 3.05) is 18.4 Å². The van der Waals surface area contributed by atoms with Crippen LogP contribution in [0, 0.1) is 6.92 Å². The van der Waals surface area contributed by atoms with Crippen molar-refractivity contribution < 1.29 is 18.0 Å². The lowest BCUT2D eigenvalue weighted by Gasteiger charge is -2.20. The zero-order chi connectivity index (χ0) is 22.8. The Morgan fingerprint density at radius 3 is 2.45 bits per heavy atom. The van der Waals surface area contributed by atoms with Gasteiger partial charge in [0.25, 0.3) is 11.8 Å². The highest BCUT2D eigenvalue weighted by Gasteiger charge is 2.27. The van der Waals surface area contributed by atoms with E-state index in [9.17, 15) is 18.0 Å². The van der Waals surface area contributed by atoms with Crippen LogP contribution in [0.5, 0.6) is 0 Å². The minimum absolute atomic E-state index is 0.112. The summed E-state index contributed by atoms with van der Waals surface area (Å²) in [4.78, 5) is 26.4. The summed E-state index contributed by atoms with van der Waals surface area (Å²) in [6.45, 7) is 5.95. The minimum atomic E-state index is -3.71. The number of thiophene rings is 1. The van der Waals surface area contributed by atoms with Crippen molar-refractivity contribution in [1.29, 1.82) is 0 Å². The molecule has 0 unspecified atom stereocenters. The molecule has 1 heterocycles. The van der Waals surface area contributed by atoms with Gasteiger partial charge in [-0.05, 0) is 55.9 Å². The Hall–Kier alpha value is -2.23. The molecule has 2 amide bonds. The van der Waals surface area contributed by atoms with E-state index in [0.717, 1.165) is 42.5 Å². The van der Waals surface area contributed by atoms with Crippen molar-refractivity contribution in [3.63, 3.8) is 0 Å². The molecule has 0 radical (unpaired) electrons. The van der Waals surface area contributed by atoms with Crippen LogP contribution >= 0.6 is 11.3 Å². The summed E-state index contributed by atoms with van der Waals surface area (Å²) in [5, 5.41) is 3.25. The number of carbonyl (C=O) groups is 2. The Balaban J connectivity index is 1.96. The highest BCUT2D eigenvalue weighted by molar-refractivity contribution is 7.89. The zero-order valence-corrected chi connectivity index (χ0v) is 19.8. The van der Waals surface area contributed by atoms with Gasteiger partial charge >= 0.3 is 0 Å². The van der Waals surface area contributed by atoms with Crippen LogP contribution in [0.4, 0.5) is 5.00 Å². The molecule has 7 nitrogen and oxygen atoms in total. The number of benzene rings is 1. The first-order chi connectivity index (χ1) is 14.7. The first-order valence-corrected chi connectivity index (χ1v) is 12.8. The normalized spacial score (nSPS) is 14.2. The number of rotatable bonds is 7. The summed E-state index contributed by atoms with van der Waals surface area (Å²) in [6.07, 6.45) is 4.78. The van der Waals surface area contributed by atoms with Crippen LogP contribution in [0.25, 0.3) is 0 Å². The predicted octanol–water partition coefficient (Wildman–Crippen LogP) is 3.71. The molecule has 3 rings (SSSR count). The maximum absolute atomic E-state index is 13.0. The number of hydrogen-bond donors (Lipinski definition) is 2. The predicted molar refractivity (Wildman–Crippen MR) is 123 cm³/mol. The zero-order valence-electron chi connectivity index (χ0n) is 18.2. The minimum Gasteiger partial charge on any atom is -0.365 e. The third-order valence-corrected chi connectivity index (χ3v) is 9.07. The number of amides is 2. The van der Waals surface area contributed by atoms with Crippen molar-refractivity contribution in [2.45, 2.75) is 57.8 Å². The lowest BCUT2D eigenvalue weighted by Crippen LogP contribution is -2.31. The van der Waals surface area contributed by atoms with Gasteiger partial charge in [0.1, 0.15) is 5.00 Å². The van der Waals surface area contributed by atoms with E-state index in [0.29, 0.717) is 29.2 Å². The molecule has 1 aromatic carbocycles. The number of aryl methyl sites for hydroxylation is 2. The fraction of sp³-hybridized carbons (Fsp3) is 0.455. The molecular formula is C22H29N3O4S2. The van der Waals surface area contributed by atoms with Gasteiger partial charge in [-0.15, -0.1) is 11.3 Å². The van der Waals surface area contributed by atoms with Gasteiger partial charge in [-0.1, -0.05) is 26.3 Å². The van der Waals surface area contributed by atoms with E-state index < -0.39 is 21.8 Å². The fourth-order valence-corrected chi connectivity index (χ4v) is 6.99.